The molecule has 0 saturated carbocycles. The van der Waals surface area contributed by atoms with Gasteiger partial charge in [-0.2, -0.15) is 5.10 Å². The SMILES string of the molecule is Cc1cc(-c2cc(C(=O)N(C)c3nc4ccccc4s3)c3cnn(C(C)C)c3n2)c(C)o1. The zero-order chi connectivity index (χ0) is 22.6. The summed E-state index contributed by atoms with van der Waals surface area (Å²) in [5.41, 5.74) is 3.66. The second-order valence-corrected chi connectivity index (χ2v) is 9.14. The first kappa shape index (κ1) is 20.4. The number of hydrogen-bond acceptors (Lipinski definition) is 6. The molecule has 0 unspecified atom stereocenters. The van der Waals surface area contributed by atoms with Gasteiger partial charge in [0.25, 0.3) is 5.91 Å². The van der Waals surface area contributed by atoms with Crippen LogP contribution in [-0.2, 0) is 0 Å². The molecule has 0 aliphatic carbocycles. The Balaban J connectivity index is 1.67. The smallest absolute Gasteiger partial charge is 0.260 e. The first-order chi connectivity index (χ1) is 15.3. The third kappa shape index (κ3) is 3.27. The Bertz CT molecular complexity index is 1440. The summed E-state index contributed by atoms with van der Waals surface area (Å²) in [6, 6.07) is 11.8. The highest BCUT2D eigenvalue weighted by molar-refractivity contribution is 7.22. The number of aryl methyl sites for hydroxylation is 2. The molecule has 0 saturated heterocycles. The van der Waals surface area contributed by atoms with Crippen LogP contribution >= 0.6 is 11.3 Å². The highest BCUT2D eigenvalue weighted by Crippen LogP contribution is 2.33. The van der Waals surface area contributed by atoms with Crippen molar-refractivity contribution in [3.63, 3.8) is 0 Å². The van der Waals surface area contributed by atoms with Crippen LogP contribution in [0.4, 0.5) is 5.13 Å². The van der Waals surface area contributed by atoms with Gasteiger partial charge in [-0.15, -0.1) is 0 Å². The fraction of sp³-hybridized carbons (Fsp3) is 0.250. The molecule has 4 aromatic heterocycles. The van der Waals surface area contributed by atoms with Gasteiger partial charge >= 0.3 is 0 Å². The van der Waals surface area contributed by atoms with E-state index in [1.54, 1.807) is 18.1 Å². The van der Waals surface area contributed by atoms with E-state index in [4.69, 9.17) is 9.40 Å². The van der Waals surface area contributed by atoms with Gasteiger partial charge in [0.15, 0.2) is 10.8 Å². The number of rotatable bonds is 4. The number of nitrogens with zero attached hydrogens (tertiary/aromatic N) is 5. The van der Waals surface area contributed by atoms with E-state index in [2.05, 4.69) is 10.1 Å². The van der Waals surface area contributed by atoms with Crippen molar-refractivity contribution >= 4 is 43.6 Å². The molecule has 0 atom stereocenters. The van der Waals surface area contributed by atoms with E-state index in [9.17, 15) is 4.79 Å². The zero-order valence-corrected chi connectivity index (χ0v) is 19.4. The van der Waals surface area contributed by atoms with Gasteiger partial charge in [-0.25, -0.2) is 14.6 Å². The van der Waals surface area contributed by atoms with Gasteiger partial charge in [0.1, 0.15) is 11.5 Å². The maximum absolute atomic E-state index is 13.7. The molecule has 5 rings (SSSR count). The molecule has 0 N–H and O–H groups in total. The van der Waals surface area contributed by atoms with E-state index in [0.29, 0.717) is 22.0 Å². The molecule has 162 valence electrons. The van der Waals surface area contributed by atoms with Crippen LogP contribution in [0.1, 0.15) is 41.8 Å². The molecule has 0 radical (unpaired) electrons. The molecule has 0 aliphatic heterocycles. The number of amides is 1. The second kappa shape index (κ2) is 7.56. The first-order valence-corrected chi connectivity index (χ1v) is 11.2. The monoisotopic (exact) mass is 445 g/mol. The standard InChI is InChI=1S/C24H23N5O2S/c1-13(2)29-22-18(12-25-29)17(11-20(26-22)16-10-14(3)31-15(16)4)23(30)28(5)24-27-19-8-6-7-9-21(19)32-24/h6-13H,1-5H3. The molecule has 0 fully saturated rings. The number of fused-ring (bicyclic) bond motifs is 2. The largest absolute Gasteiger partial charge is 0.466 e. The van der Waals surface area contributed by atoms with Crippen molar-refractivity contribution in [3.05, 3.63) is 59.7 Å². The zero-order valence-electron chi connectivity index (χ0n) is 18.6. The summed E-state index contributed by atoms with van der Waals surface area (Å²) in [6.45, 7) is 7.90. The Morgan fingerprint density at radius 2 is 1.94 bits per heavy atom. The highest BCUT2D eigenvalue weighted by atomic mass is 32.1. The normalized spacial score (nSPS) is 11.7. The molecule has 8 heteroatoms. The molecular weight excluding hydrogens is 422 g/mol. The van der Waals surface area contributed by atoms with Crippen molar-refractivity contribution in [2.75, 3.05) is 11.9 Å². The van der Waals surface area contributed by atoms with Crippen LogP contribution in [0.15, 0.2) is 47.0 Å². The van der Waals surface area contributed by atoms with Crippen molar-refractivity contribution in [1.82, 2.24) is 19.7 Å². The topological polar surface area (TPSA) is 77.1 Å². The number of anilines is 1. The van der Waals surface area contributed by atoms with Crippen LogP contribution in [-0.4, -0.2) is 32.7 Å². The quantitative estimate of drug-likeness (QED) is 0.351. The van der Waals surface area contributed by atoms with Crippen LogP contribution in [0.3, 0.4) is 0 Å². The summed E-state index contributed by atoms with van der Waals surface area (Å²) >= 11 is 1.49. The highest BCUT2D eigenvalue weighted by Gasteiger charge is 2.24. The number of benzene rings is 1. The summed E-state index contributed by atoms with van der Waals surface area (Å²) in [5.74, 6) is 1.41. The molecule has 32 heavy (non-hydrogen) atoms. The number of pyridine rings is 1. The second-order valence-electron chi connectivity index (χ2n) is 8.13. The minimum Gasteiger partial charge on any atom is -0.466 e. The van der Waals surface area contributed by atoms with Crippen molar-refractivity contribution in [1.29, 1.82) is 0 Å². The number of thiazole rings is 1. The molecule has 0 bridgehead atoms. The summed E-state index contributed by atoms with van der Waals surface area (Å²) in [4.78, 5) is 24.8. The summed E-state index contributed by atoms with van der Waals surface area (Å²) in [5, 5.41) is 5.88. The molecule has 4 heterocycles. The first-order valence-electron chi connectivity index (χ1n) is 10.4. The third-order valence-electron chi connectivity index (χ3n) is 5.48. The maximum Gasteiger partial charge on any atom is 0.260 e. The Labute approximate surface area is 189 Å². The van der Waals surface area contributed by atoms with Crippen LogP contribution in [0.2, 0.25) is 0 Å². The number of aromatic nitrogens is 4. The van der Waals surface area contributed by atoms with Crippen LogP contribution in [0.25, 0.3) is 32.5 Å². The Hall–Kier alpha value is -3.52. The molecule has 1 aromatic carbocycles. The van der Waals surface area contributed by atoms with Crippen molar-refractivity contribution < 1.29 is 9.21 Å². The van der Waals surface area contributed by atoms with E-state index < -0.39 is 0 Å². The average Bonchev–Trinajstić information content (AvgIpc) is 3.47. The predicted molar refractivity (Wildman–Crippen MR) is 127 cm³/mol. The predicted octanol–water partition coefficient (Wildman–Crippen LogP) is 5.78. The minimum atomic E-state index is -0.154. The van der Waals surface area contributed by atoms with E-state index in [0.717, 1.165) is 32.7 Å². The van der Waals surface area contributed by atoms with E-state index in [-0.39, 0.29) is 11.9 Å². The summed E-state index contributed by atoms with van der Waals surface area (Å²) < 4.78 is 8.61. The van der Waals surface area contributed by atoms with Gasteiger partial charge in [-0.05, 0) is 52.0 Å². The van der Waals surface area contributed by atoms with Gasteiger partial charge < -0.3 is 4.42 Å². The number of carbonyl (C=O) groups is 1. The number of hydrogen-bond donors (Lipinski definition) is 0. The summed E-state index contributed by atoms with van der Waals surface area (Å²) in [6.07, 6.45) is 1.72. The molecule has 1 amide bonds. The van der Waals surface area contributed by atoms with Crippen LogP contribution < -0.4 is 4.90 Å². The van der Waals surface area contributed by atoms with E-state index in [1.807, 2.05) is 68.8 Å². The number of furan rings is 1. The van der Waals surface area contributed by atoms with Gasteiger partial charge in [-0.3, -0.25) is 9.69 Å². The Morgan fingerprint density at radius 3 is 2.62 bits per heavy atom. The fourth-order valence-corrected chi connectivity index (χ4v) is 4.79. The Kier molecular flexibility index (Phi) is 4.82. The maximum atomic E-state index is 13.7. The van der Waals surface area contributed by atoms with Crippen LogP contribution in [0, 0.1) is 13.8 Å². The van der Waals surface area contributed by atoms with Crippen molar-refractivity contribution in [2.45, 2.75) is 33.7 Å². The lowest BCUT2D eigenvalue weighted by atomic mass is 10.1. The molecule has 0 spiro atoms. The lowest BCUT2D eigenvalue weighted by Gasteiger charge is -2.15. The minimum absolute atomic E-state index is 0.104. The molecular formula is C24H23N5O2S. The fourth-order valence-electron chi connectivity index (χ4n) is 3.87. The third-order valence-corrected chi connectivity index (χ3v) is 6.59. The Morgan fingerprint density at radius 1 is 1.16 bits per heavy atom. The lowest BCUT2D eigenvalue weighted by Crippen LogP contribution is -2.26. The lowest BCUT2D eigenvalue weighted by molar-refractivity contribution is 0.0994. The van der Waals surface area contributed by atoms with Crippen molar-refractivity contribution in [3.8, 4) is 11.3 Å². The van der Waals surface area contributed by atoms with Gasteiger partial charge in [0.05, 0.1) is 33.1 Å². The van der Waals surface area contributed by atoms with Crippen LogP contribution in [0.5, 0.6) is 0 Å². The molecule has 5 aromatic rings. The van der Waals surface area contributed by atoms with E-state index >= 15 is 0 Å². The van der Waals surface area contributed by atoms with E-state index in [1.165, 1.54) is 11.3 Å². The van der Waals surface area contributed by atoms with Gasteiger partial charge in [0.2, 0.25) is 0 Å². The molecule has 7 nitrogen and oxygen atoms in total. The summed E-state index contributed by atoms with van der Waals surface area (Å²) in [7, 11) is 1.76. The number of carbonyl (C=O) groups excluding carboxylic acids is 1. The van der Waals surface area contributed by atoms with Crippen molar-refractivity contribution in [2.24, 2.45) is 0 Å². The molecule has 0 aliphatic rings. The average molecular weight is 446 g/mol. The van der Waals surface area contributed by atoms with Gasteiger partial charge in [0, 0.05) is 18.7 Å². The van der Waals surface area contributed by atoms with Gasteiger partial charge in [-0.1, -0.05) is 23.5 Å². The number of para-hydroxylation sites is 1.